The van der Waals surface area contributed by atoms with Gasteiger partial charge >= 0.3 is 0 Å². The number of hydrogen-bond donors (Lipinski definition) is 1. The summed E-state index contributed by atoms with van der Waals surface area (Å²) in [5.41, 5.74) is 3.65. The van der Waals surface area contributed by atoms with Gasteiger partial charge in [-0.1, -0.05) is 66.7 Å². The molecule has 0 saturated heterocycles. The number of H-pyrrole nitrogens is 1. The SMILES string of the molecule is O=c1cc(/C(=C\c2ccccc2)c2ccccc2)[nH]n1-c1ccccn1. The Morgan fingerprint density at radius 2 is 1.58 bits per heavy atom. The molecule has 4 rings (SSSR count). The zero-order chi connectivity index (χ0) is 17.8. The van der Waals surface area contributed by atoms with Crippen LogP contribution >= 0.6 is 0 Å². The van der Waals surface area contributed by atoms with Gasteiger partial charge < -0.3 is 0 Å². The van der Waals surface area contributed by atoms with Gasteiger partial charge in [0.2, 0.25) is 0 Å². The molecule has 4 aromatic rings. The lowest BCUT2D eigenvalue weighted by atomic mass is 10.00. The summed E-state index contributed by atoms with van der Waals surface area (Å²) in [6, 6.07) is 27.2. The van der Waals surface area contributed by atoms with Crippen molar-refractivity contribution >= 4 is 11.6 Å². The van der Waals surface area contributed by atoms with Crippen LogP contribution in [0.4, 0.5) is 0 Å². The maximum absolute atomic E-state index is 12.5. The maximum Gasteiger partial charge on any atom is 0.273 e. The second-order valence-corrected chi connectivity index (χ2v) is 5.87. The summed E-state index contributed by atoms with van der Waals surface area (Å²) in [6.45, 7) is 0. The largest absolute Gasteiger partial charge is 0.289 e. The van der Waals surface area contributed by atoms with Crippen LogP contribution in [0.3, 0.4) is 0 Å². The van der Waals surface area contributed by atoms with Crippen molar-refractivity contribution in [2.75, 3.05) is 0 Å². The van der Waals surface area contributed by atoms with Crippen molar-refractivity contribution in [3.05, 3.63) is 118 Å². The molecule has 0 aliphatic rings. The third-order valence-corrected chi connectivity index (χ3v) is 4.08. The van der Waals surface area contributed by atoms with Crippen molar-refractivity contribution in [1.29, 1.82) is 0 Å². The highest BCUT2D eigenvalue weighted by atomic mass is 16.1. The fourth-order valence-corrected chi connectivity index (χ4v) is 2.84. The lowest BCUT2D eigenvalue weighted by Crippen LogP contribution is -2.14. The Labute approximate surface area is 151 Å². The Kier molecular flexibility index (Phi) is 4.31. The summed E-state index contributed by atoms with van der Waals surface area (Å²) in [5, 5.41) is 3.19. The van der Waals surface area contributed by atoms with Gasteiger partial charge in [-0.2, -0.15) is 0 Å². The molecule has 2 aromatic carbocycles. The molecule has 26 heavy (non-hydrogen) atoms. The van der Waals surface area contributed by atoms with Crippen LogP contribution in [0.5, 0.6) is 0 Å². The molecule has 2 heterocycles. The molecule has 0 fully saturated rings. The fourth-order valence-electron chi connectivity index (χ4n) is 2.84. The third kappa shape index (κ3) is 3.26. The average Bonchev–Trinajstić information content (AvgIpc) is 3.09. The van der Waals surface area contributed by atoms with E-state index in [0.29, 0.717) is 5.82 Å². The Balaban J connectivity index is 1.86. The normalized spacial score (nSPS) is 11.5. The molecule has 0 aliphatic carbocycles. The number of nitrogens with zero attached hydrogens (tertiary/aromatic N) is 2. The van der Waals surface area contributed by atoms with Gasteiger partial charge in [-0.15, -0.1) is 0 Å². The molecular formula is C22H17N3O. The first kappa shape index (κ1) is 15.8. The van der Waals surface area contributed by atoms with Gasteiger partial charge in [0.05, 0.1) is 5.69 Å². The molecule has 4 nitrogen and oxygen atoms in total. The Morgan fingerprint density at radius 3 is 2.27 bits per heavy atom. The highest BCUT2D eigenvalue weighted by molar-refractivity contribution is 5.90. The van der Waals surface area contributed by atoms with E-state index in [1.165, 1.54) is 4.68 Å². The van der Waals surface area contributed by atoms with Crippen LogP contribution in [0.25, 0.3) is 17.5 Å². The minimum Gasteiger partial charge on any atom is -0.289 e. The van der Waals surface area contributed by atoms with Crippen LogP contribution in [0.1, 0.15) is 16.8 Å². The fraction of sp³-hybridized carbons (Fsp3) is 0. The Bertz CT molecular complexity index is 1080. The predicted molar refractivity (Wildman–Crippen MR) is 104 cm³/mol. The first-order chi connectivity index (χ1) is 12.8. The van der Waals surface area contributed by atoms with Gasteiger partial charge in [-0.05, 0) is 29.3 Å². The number of pyridine rings is 1. The number of hydrogen-bond acceptors (Lipinski definition) is 2. The molecule has 0 bridgehead atoms. The molecule has 126 valence electrons. The van der Waals surface area contributed by atoms with Crippen molar-refractivity contribution in [3.63, 3.8) is 0 Å². The van der Waals surface area contributed by atoms with Crippen LogP contribution in [0, 0.1) is 0 Å². The zero-order valence-electron chi connectivity index (χ0n) is 14.0. The second kappa shape index (κ2) is 7.07. The lowest BCUT2D eigenvalue weighted by Gasteiger charge is -2.07. The second-order valence-electron chi connectivity index (χ2n) is 5.87. The summed E-state index contributed by atoms with van der Waals surface area (Å²) >= 11 is 0. The van der Waals surface area contributed by atoms with Crippen molar-refractivity contribution in [2.45, 2.75) is 0 Å². The monoisotopic (exact) mass is 339 g/mol. The van der Waals surface area contributed by atoms with Crippen LogP contribution in [-0.4, -0.2) is 14.8 Å². The van der Waals surface area contributed by atoms with Crippen molar-refractivity contribution in [3.8, 4) is 5.82 Å². The molecule has 0 aliphatic heterocycles. The molecule has 0 saturated carbocycles. The number of aromatic nitrogens is 3. The van der Waals surface area contributed by atoms with Gasteiger partial charge in [0.15, 0.2) is 5.82 Å². The molecule has 0 amide bonds. The van der Waals surface area contributed by atoms with Crippen LogP contribution < -0.4 is 5.56 Å². The van der Waals surface area contributed by atoms with E-state index in [9.17, 15) is 4.79 Å². The van der Waals surface area contributed by atoms with Crippen molar-refractivity contribution in [1.82, 2.24) is 14.8 Å². The van der Waals surface area contributed by atoms with E-state index in [0.717, 1.165) is 22.4 Å². The van der Waals surface area contributed by atoms with Crippen LogP contribution in [0.2, 0.25) is 0 Å². The zero-order valence-corrected chi connectivity index (χ0v) is 14.0. The van der Waals surface area contributed by atoms with Crippen LogP contribution in [-0.2, 0) is 0 Å². The van der Waals surface area contributed by atoms with E-state index in [1.807, 2.05) is 72.8 Å². The number of aromatic amines is 1. The summed E-state index contributed by atoms with van der Waals surface area (Å²) in [4.78, 5) is 16.7. The number of benzene rings is 2. The van der Waals surface area contributed by atoms with E-state index < -0.39 is 0 Å². The third-order valence-electron chi connectivity index (χ3n) is 4.08. The van der Waals surface area contributed by atoms with Crippen molar-refractivity contribution < 1.29 is 0 Å². The summed E-state index contributed by atoms with van der Waals surface area (Å²) in [7, 11) is 0. The first-order valence-corrected chi connectivity index (χ1v) is 8.37. The van der Waals surface area contributed by atoms with E-state index in [-0.39, 0.29) is 5.56 Å². The highest BCUT2D eigenvalue weighted by Gasteiger charge is 2.11. The molecule has 0 spiro atoms. The Hall–Kier alpha value is -3.66. The maximum atomic E-state index is 12.5. The van der Waals surface area contributed by atoms with Crippen LogP contribution in [0.15, 0.2) is 95.9 Å². The Morgan fingerprint density at radius 1 is 0.885 bits per heavy atom. The minimum atomic E-state index is -0.145. The molecule has 2 aromatic heterocycles. The highest BCUT2D eigenvalue weighted by Crippen LogP contribution is 2.24. The number of rotatable bonds is 4. The molecule has 1 N–H and O–H groups in total. The average molecular weight is 339 g/mol. The summed E-state index contributed by atoms with van der Waals surface area (Å²) in [5.74, 6) is 0.566. The smallest absolute Gasteiger partial charge is 0.273 e. The lowest BCUT2D eigenvalue weighted by molar-refractivity contribution is 0.814. The molecule has 0 radical (unpaired) electrons. The summed E-state index contributed by atoms with van der Waals surface area (Å²) in [6.07, 6.45) is 3.74. The minimum absolute atomic E-state index is 0.145. The van der Waals surface area contributed by atoms with Gasteiger partial charge in [-0.3, -0.25) is 9.89 Å². The van der Waals surface area contributed by atoms with E-state index in [4.69, 9.17) is 0 Å². The van der Waals surface area contributed by atoms with Gasteiger partial charge in [0.25, 0.3) is 5.56 Å². The molecule has 0 atom stereocenters. The van der Waals surface area contributed by atoms with E-state index in [1.54, 1.807) is 18.3 Å². The topological polar surface area (TPSA) is 50.7 Å². The molecule has 0 unspecified atom stereocenters. The predicted octanol–water partition coefficient (Wildman–Crippen LogP) is 4.15. The standard InChI is InChI=1S/C22H17N3O/c26-22-16-20(24-25(22)21-13-7-8-14-23-21)19(18-11-5-2-6-12-18)15-17-9-3-1-4-10-17/h1-16,24H/b19-15-. The quantitative estimate of drug-likeness (QED) is 0.568. The number of nitrogens with one attached hydrogen (secondary N) is 1. The van der Waals surface area contributed by atoms with Gasteiger partial charge in [0.1, 0.15) is 0 Å². The first-order valence-electron chi connectivity index (χ1n) is 8.37. The van der Waals surface area contributed by atoms with E-state index >= 15 is 0 Å². The molecular weight excluding hydrogens is 322 g/mol. The van der Waals surface area contributed by atoms with Gasteiger partial charge in [-0.25, -0.2) is 9.67 Å². The van der Waals surface area contributed by atoms with E-state index in [2.05, 4.69) is 16.2 Å². The van der Waals surface area contributed by atoms with Crippen molar-refractivity contribution in [2.24, 2.45) is 0 Å². The molecule has 4 heteroatoms. The summed E-state index contributed by atoms with van der Waals surface area (Å²) < 4.78 is 1.46. The van der Waals surface area contributed by atoms with Gasteiger partial charge in [0, 0.05) is 17.8 Å².